The number of hydrogen-bond acceptors (Lipinski definition) is 1. The van der Waals surface area contributed by atoms with Crippen molar-refractivity contribution in [3.63, 3.8) is 0 Å². The van der Waals surface area contributed by atoms with Gasteiger partial charge in [-0.1, -0.05) is 58.2 Å². The van der Waals surface area contributed by atoms with Crippen molar-refractivity contribution in [3.8, 4) is 0 Å². The first-order valence-corrected chi connectivity index (χ1v) is 10.8. The smallest absolute Gasteiger partial charge is 0.0757 e. The molecule has 0 saturated carbocycles. The van der Waals surface area contributed by atoms with Crippen molar-refractivity contribution in [2.75, 3.05) is 26.2 Å². The topological polar surface area (TPSA) is 23.1 Å². The van der Waals surface area contributed by atoms with Crippen LogP contribution in [-0.2, 0) is 61.6 Å². The van der Waals surface area contributed by atoms with Crippen LogP contribution in [0.4, 0.5) is 0 Å². The molecule has 0 spiro atoms. The van der Waals surface area contributed by atoms with Gasteiger partial charge in [0.2, 0.25) is 0 Å². The first-order valence-electron chi connectivity index (χ1n) is 8.63. The molecule has 0 aliphatic carbocycles. The van der Waals surface area contributed by atoms with Gasteiger partial charge in [0, 0.05) is 21.1 Å². The molecule has 0 radical (unpaired) electrons. The van der Waals surface area contributed by atoms with E-state index in [0.29, 0.717) is 16.6 Å². The minimum Gasteiger partial charge on any atom is -2.00 e. The molecule has 0 aromatic carbocycles. The molecular weight excluding hydrogens is 454 g/mol. The maximum Gasteiger partial charge on any atom is 0.0757 e. The van der Waals surface area contributed by atoms with E-state index in [9.17, 15) is 4.80 Å². The molecular formula is C17H41MoNOS3Si-6. The van der Waals surface area contributed by atoms with Gasteiger partial charge >= 0.3 is 0 Å². The second kappa shape index (κ2) is 19.6. The molecule has 0 heterocycles. The molecule has 0 amide bonds. The molecule has 24 heavy (non-hydrogen) atoms. The predicted octanol–water partition coefficient (Wildman–Crippen LogP) is 4.40. The number of quaternary nitrogens is 1. The van der Waals surface area contributed by atoms with Gasteiger partial charge in [0.05, 0.1) is 26.2 Å². The van der Waals surface area contributed by atoms with E-state index < -0.39 is 8.32 Å². The van der Waals surface area contributed by atoms with E-state index in [-0.39, 0.29) is 61.6 Å². The summed E-state index contributed by atoms with van der Waals surface area (Å²) in [6.07, 6.45) is 0. The number of hydrogen-bond donors (Lipinski definition) is 0. The second-order valence-electron chi connectivity index (χ2n) is 6.92. The fraction of sp³-hybridized carbons (Fsp3) is 1.00. The van der Waals surface area contributed by atoms with Crippen LogP contribution in [0.1, 0.15) is 69.2 Å². The first-order chi connectivity index (χ1) is 9.07. The minimum absolute atomic E-state index is 0. The molecule has 2 nitrogen and oxygen atoms in total. The van der Waals surface area contributed by atoms with E-state index in [0.717, 1.165) is 0 Å². The SMILES string of the molecule is CC(C)[Si]([O-])(C(C)C)C(C)C.CC[N+](CC)(CC)CC.[Mo].[S-2].[S-2].[S-2]. The maximum atomic E-state index is 12.3. The number of rotatable bonds is 7. The monoisotopic (exact) mass is 497 g/mol. The van der Waals surface area contributed by atoms with Crippen molar-refractivity contribution in [3.05, 3.63) is 0 Å². The molecule has 0 unspecified atom stereocenters. The van der Waals surface area contributed by atoms with Gasteiger partial charge in [-0.25, -0.2) is 0 Å². The Morgan fingerprint density at radius 2 is 0.792 bits per heavy atom. The molecule has 0 saturated heterocycles. The first kappa shape index (κ1) is 40.5. The quantitative estimate of drug-likeness (QED) is 0.379. The summed E-state index contributed by atoms with van der Waals surface area (Å²) >= 11 is 0. The zero-order chi connectivity index (χ0) is 16.6. The minimum atomic E-state index is -2.23. The van der Waals surface area contributed by atoms with Crippen molar-refractivity contribution in [1.82, 2.24) is 0 Å². The van der Waals surface area contributed by atoms with Crippen LogP contribution in [0, 0.1) is 0 Å². The summed E-state index contributed by atoms with van der Waals surface area (Å²) in [4.78, 5) is 12.3. The van der Waals surface area contributed by atoms with Gasteiger partial charge in [-0.3, -0.25) is 0 Å². The van der Waals surface area contributed by atoms with Crippen molar-refractivity contribution in [2.24, 2.45) is 0 Å². The Labute approximate surface area is 190 Å². The largest absolute Gasteiger partial charge is 2.00 e. The van der Waals surface area contributed by atoms with E-state index in [4.69, 9.17) is 0 Å². The summed E-state index contributed by atoms with van der Waals surface area (Å²) < 4.78 is 1.28. The van der Waals surface area contributed by atoms with E-state index in [1.807, 2.05) is 0 Å². The van der Waals surface area contributed by atoms with Crippen molar-refractivity contribution >= 4 is 48.8 Å². The van der Waals surface area contributed by atoms with Gasteiger partial charge in [0.15, 0.2) is 0 Å². The molecule has 7 heteroatoms. The van der Waals surface area contributed by atoms with Crippen LogP contribution in [0.5, 0.6) is 0 Å². The van der Waals surface area contributed by atoms with Crippen LogP contribution in [0.3, 0.4) is 0 Å². The van der Waals surface area contributed by atoms with E-state index in [1.165, 1.54) is 30.7 Å². The molecule has 0 aliphatic heterocycles. The normalized spacial score (nSPS) is 10.8. The van der Waals surface area contributed by atoms with E-state index in [2.05, 4.69) is 69.2 Å². The predicted molar refractivity (Wildman–Crippen MR) is 116 cm³/mol. The summed E-state index contributed by atoms with van der Waals surface area (Å²) in [5.74, 6) is 0. The molecule has 0 N–H and O–H groups in total. The summed E-state index contributed by atoms with van der Waals surface area (Å²) in [7, 11) is -2.23. The van der Waals surface area contributed by atoms with E-state index >= 15 is 0 Å². The van der Waals surface area contributed by atoms with Crippen LogP contribution >= 0.6 is 0 Å². The molecule has 154 valence electrons. The molecule has 0 rings (SSSR count). The zero-order valence-corrected chi connectivity index (χ0v) is 23.0. The Balaban J connectivity index is -0.0000000586. The average molecular weight is 496 g/mol. The van der Waals surface area contributed by atoms with Crippen LogP contribution in [0.2, 0.25) is 16.6 Å². The third-order valence-corrected chi connectivity index (χ3v) is 10.8. The Kier molecular flexibility index (Phi) is 33.2. The maximum absolute atomic E-state index is 12.3. The van der Waals surface area contributed by atoms with Gasteiger partial charge in [-0.15, -0.1) is 0 Å². The third kappa shape index (κ3) is 12.3. The summed E-state index contributed by atoms with van der Waals surface area (Å²) in [5.41, 5.74) is 1.09. The summed E-state index contributed by atoms with van der Waals surface area (Å²) in [6.45, 7) is 26.7. The van der Waals surface area contributed by atoms with Crippen LogP contribution in [0.25, 0.3) is 0 Å². The molecule has 0 fully saturated rings. The van der Waals surface area contributed by atoms with Crippen LogP contribution in [0.15, 0.2) is 0 Å². The fourth-order valence-corrected chi connectivity index (χ4v) is 7.34. The summed E-state index contributed by atoms with van der Waals surface area (Å²) in [5, 5.41) is 0. The molecule has 0 atom stereocenters. The number of nitrogens with zero attached hydrogens (tertiary/aromatic N) is 1. The Hall–Kier alpha value is 1.88. The molecule has 0 aliphatic rings. The third-order valence-electron chi connectivity index (χ3n) is 5.39. The fourth-order valence-electron chi connectivity index (χ4n) is 3.34. The van der Waals surface area contributed by atoms with Crippen molar-refractivity contribution in [2.45, 2.75) is 85.9 Å². The molecule has 0 bridgehead atoms. The van der Waals surface area contributed by atoms with E-state index in [1.54, 1.807) is 0 Å². The Bertz CT molecular complexity index is 215. The van der Waals surface area contributed by atoms with Crippen molar-refractivity contribution < 1.29 is 30.3 Å². The van der Waals surface area contributed by atoms with Gasteiger partial charge in [-0.05, 0) is 36.0 Å². The standard InChI is InChI=1S/C9H21OSi.C8H20N.Mo.3S/c1-7(2)11(10,8(3)4)9(5)6;1-5-9(6-2,7-3)8-4;;;;/h7-9H,1-6H3;5-8H2,1-4H3;;;;/q-1;+1;;3*-2. The molecule has 0 aromatic rings. The van der Waals surface area contributed by atoms with Gasteiger partial charge in [0.1, 0.15) is 0 Å². The zero-order valence-electron chi connectivity index (χ0n) is 17.5. The Morgan fingerprint density at radius 1 is 0.625 bits per heavy atom. The van der Waals surface area contributed by atoms with Gasteiger partial charge < -0.3 is 49.8 Å². The average Bonchev–Trinajstić information content (AvgIpc) is 2.41. The van der Waals surface area contributed by atoms with Gasteiger partial charge in [-0.2, -0.15) is 0 Å². The Morgan fingerprint density at radius 3 is 0.792 bits per heavy atom. The van der Waals surface area contributed by atoms with Crippen LogP contribution < -0.4 is 4.80 Å². The second-order valence-corrected chi connectivity index (χ2v) is 12.1. The van der Waals surface area contributed by atoms with Crippen LogP contribution in [-0.4, -0.2) is 39.0 Å². The molecule has 0 aromatic heterocycles. The van der Waals surface area contributed by atoms with Crippen molar-refractivity contribution in [1.29, 1.82) is 0 Å². The van der Waals surface area contributed by atoms with Gasteiger partial charge in [0.25, 0.3) is 0 Å². The summed E-state index contributed by atoms with van der Waals surface area (Å²) in [6, 6.07) is 0.